The molecule has 0 bridgehead atoms. The predicted octanol–water partition coefficient (Wildman–Crippen LogP) is 1.10. The zero-order chi connectivity index (χ0) is 8.53. The summed E-state index contributed by atoms with van der Waals surface area (Å²) in [5.74, 6) is 1.10. The van der Waals surface area contributed by atoms with E-state index in [4.69, 9.17) is 5.11 Å². The lowest BCUT2D eigenvalue weighted by molar-refractivity contribution is 0.270. The number of thioether (sulfide) groups is 1. The Morgan fingerprint density at radius 2 is 2.27 bits per heavy atom. The lowest BCUT2D eigenvalue weighted by atomic mass is 10.2. The number of hydrogen-bond donors (Lipinski definition) is 2. The van der Waals surface area contributed by atoms with Gasteiger partial charge in [-0.2, -0.15) is 11.8 Å². The van der Waals surface area contributed by atoms with Crippen LogP contribution in [0.15, 0.2) is 0 Å². The van der Waals surface area contributed by atoms with Crippen LogP contribution in [0.5, 0.6) is 0 Å². The summed E-state index contributed by atoms with van der Waals surface area (Å²) in [7, 11) is 0. The smallest absolute Gasteiger partial charge is 0.0446 e. The molecule has 0 aliphatic carbocycles. The number of nitrogens with one attached hydrogen (secondary N) is 1. The van der Waals surface area contributed by atoms with Crippen LogP contribution in [-0.2, 0) is 0 Å². The van der Waals surface area contributed by atoms with E-state index in [2.05, 4.69) is 18.5 Å². The third-order valence-corrected chi connectivity index (χ3v) is 2.26. The second kappa shape index (κ2) is 8.37. The van der Waals surface area contributed by atoms with E-state index in [9.17, 15) is 0 Å². The lowest BCUT2D eigenvalue weighted by Gasteiger charge is -2.15. The van der Waals surface area contributed by atoms with E-state index in [0.717, 1.165) is 25.1 Å². The first-order valence-electron chi connectivity index (χ1n) is 4.18. The van der Waals surface area contributed by atoms with Crippen LogP contribution in [0.3, 0.4) is 0 Å². The van der Waals surface area contributed by atoms with Gasteiger partial charge in [-0.1, -0.05) is 6.92 Å². The number of aliphatic hydroxyl groups is 1. The average Bonchev–Trinajstić information content (AvgIpc) is 2.01. The van der Waals surface area contributed by atoms with E-state index >= 15 is 0 Å². The molecule has 1 unspecified atom stereocenters. The van der Waals surface area contributed by atoms with Crippen molar-refractivity contribution < 1.29 is 5.11 Å². The molecule has 0 fully saturated rings. The number of hydrogen-bond acceptors (Lipinski definition) is 3. The molecule has 0 radical (unpaired) electrons. The maximum Gasteiger partial charge on any atom is 0.0446 e. The van der Waals surface area contributed by atoms with Gasteiger partial charge in [-0.15, -0.1) is 0 Å². The molecule has 0 aliphatic heterocycles. The van der Waals surface area contributed by atoms with Crippen molar-refractivity contribution in [1.29, 1.82) is 0 Å². The molecule has 0 heterocycles. The van der Waals surface area contributed by atoms with Crippen molar-refractivity contribution in [3.63, 3.8) is 0 Å². The van der Waals surface area contributed by atoms with Crippen LogP contribution in [0.2, 0.25) is 0 Å². The van der Waals surface area contributed by atoms with E-state index in [0.29, 0.717) is 12.6 Å². The molecule has 11 heavy (non-hydrogen) atoms. The topological polar surface area (TPSA) is 32.3 Å². The van der Waals surface area contributed by atoms with Gasteiger partial charge in [0.25, 0.3) is 0 Å². The fourth-order valence-electron chi connectivity index (χ4n) is 0.950. The van der Waals surface area contributed by atoms with Crippen LogP contribution in [0.4, 0.5) is 0 Å². The summed E-state index contributed by atoms with van der Waals surface area (Å²) >= 11 is 1.83. The molecule has 0 aromatic heterocycles. The highest BCUT2D eigenvalue weighted by Gasteiger charge is 2.04. The monoisotopic (exact) mass is 177 g/mol. The molecule has 3 heteroatoms. The van der Waals surface area contributed by atoms with Gasteiger partial charge in [0, 0.05) is 18.4 Å². The minimum atomic E-state index is 0.294. The Hall–Kier alpha value is 0.270. The molecule has 68 valence electrons. The molecule has 0 aromatic rings. The van der Waals surface area contributed by atoms with Crippen molar-refractivity contribution in [2.45, 2.75) is 25.8 Å². The SMILES string of the molecule is CCCNC(CCO)CSC. The van der Waals surface area contributed by atoms with Gasteiger partial charge < -0.3 is 10.4 Å². The zero-order valence-electron chi connectivity index (χ0n) is 7.47. The minimum absolute atomic E-state index is 0.294. The van der Waals surface area contributed by atoms with Crippen LogP contribution in [0, 0.1) is 0 Å². The molecule has 0 saturated heterocycles. The molecular weight excluding hydrogens is 158 g/mol. The molecular formula is C8H19NOS. The molecule has 0 aromatic carbocycles. The standard InChI is InChI=1S/C8H19NOS/c1-3-5-9-8(4-6-10)7-11-2/h8-10H,3-7H2,1-2H3. The Labute approximate surface area is 73.8 Å². The summed E-state index contributed by atoms with van der Waals surface area (Å²) in [5, 5.41) is 12.1. The molecule has 2 nitrogen and oxygen atoms in total. The first-order chi connectivity index (χ1) is 5.35. The quantitative estimate of drug-likeness (QED) is 0.611. The Morgan fingerprint density at radius 3 is 2.73 bits per heavy atom. The fraction of sp³-hybridized carbons (Fsp3) is 1.00. The highest BCUT2D eigenvalue weighted by Crippen LogP contribution is 2.00. The Balaban J connectivity index is 3.34. The summed E-state index contributed by atoms with van der Waals surface area (Å²) < 4.78 is 0. The van der Waals surface area contributed by atoms with Crippen LogP contribution in [-0.4, -0.2) is 36.3 Å². The molecule has 0 aliphatic rings. The van der Waals surface area contributed by atoms with Gasteiger partial charge in [0.15, 0.2) is 0 Å². The minimum Gasteiger partial charge on any atom is -0.396 e. The van der Waals surface area contributed by atoms with Gasteiger partial charge >= 0.3 is 0 Å². The third kappa shape index (κ3) is 6.66. The third-order valence-electron chi connectivity index (χ3n) is 1.53. The van der Waals surface area contributed by atoms with Crippen LogP contribution >= 0.6 is 11.8 Å². The van der Waals surface area contributed by atoms with Crippen molar-refractivity contribution in [3.05, 3.63) is 0 Å². The summed E-state index contributed by atoms with van der Waals surface area (Å²) in [4.78, 5) is 0. The molecule has 0 amide bonds. The lowest BCUT2D eigenvalue weighted by Crippen LogP contribution is -2.32. The first-order valence-corrected chi connectivity index (χ1v) is 5.57. The molecule has 0 spiro atoms. The summed E-state index contributed by atoms with van der Waals surface area (Å²) in [6.07, 6.45) is 4.13. The molecule has 0 rings (SSSR count). The van der Waals surface area contributed by atoms with Gasteiger partial charge in [0.05, 0.1) is 0 Å². The zero-order valence-corrected chi connectivity index (χ0v) is 8.28. The van der Waals surface area contributed by atoms with Gasteiger partial charge in [-0.3, -0.25) is 0 Å². The van der Waals surface area contributed by atoms with Crippen LogP contribution in [0.1, 0.15) is 19.8 Å². The summed E-state index contributed by atoms with van der Waals surface area (Å²) in [6.45, 7) is 3.51. The normalized spacial score (nSPS) is 13.4. The van der Waals surface area contributed by atoms with E-state index in [1.807, 2.05) is 11.8 Å². The maximum absolute atomic E-state index is 8.71. The Kier molecular flexibility index (Phi) is 8.57. The van der Waals surface area contributed by atoms with Crippen molar-refractivity contribution in [3.8, 4) is 0 Å². The van der Waals surface area contributed by atoms with Gasteiger partial charge in [0.2, 0.25) is 0 Å². The summed E-state index contributed by atoms with van der Waals surface area (Å²) in [6, 6.07) is 0.495. The van der Waals surface area contributed by atoms with Crippen molar-refractivity contribution >= 4 is 11.8 Å². The van der Waals surface area contributed by atoms with E-state index in [-0.39, 0.29) is 0 Å². The van der Waals surface area contributed by atoms with Crippen molar-refractivity contribution in [2.75, 3.05) is 25.2 Å². The van der Waals surface area contributed by atoms with Crippen molar-refractivity contribution in [2.24, 2.45) is 0 Å². The number of aliphatic hydroxyl groups excluding tert-OH is 1. The van der Waals surface area contributed by atoms with E-state index in [1.54, 1.807) is 0 Å². The Bertz CT molecular complexity index is 74.5. The Morgan fingerprint density at radius 1 is 1.55 bits per heavy atom. The second-order valence-corrected chi connectivity index (χ2v) is 3.53. The second-order valence-electron chi connectivity index (χ2n) is 2.62. The highest BCUT2D eigenvalue weighted by molar-refractivity contribution is 7.98. The van der Waals surface area contributed by atoms with Gasteiger partial charge in [0.1, 0.15) is 0 Å². The fourth-order valence-corrected chi connectivity index (χ4v) is 1.64. The summed E-state index contributed by atoms with van der Waals surface area (Å²) in [5.41, 5.74) is 0. The largest absolute Gasteiger partial charge is 0.396 e. The van der Waals surface area contributed by atoms with E-state index < -0.39 is 0 Å². The van der Waals surface area contributed by atoms with Gasteiger partial charge in [-0.25, -0.2) is 0 Å². The molecule has 0 saturated carbocycles. The predicted molar refractivity (Wildman–Crippen MR) is 52.2 cm³/mol. The molecule has 2 N–H and O–H groups in total. The van der Waals surface area contributed by atoms with Gasteiger partial charge in [-0.05, 0) is 25.6 Å². The van der Waals surface area contributed by atoms with E-state index in [1.165, 1.54) is 0 Å². The average molecular weight is 177 g/mol. The number of rotatable bonds is 7. The first kappa shape index (κ1) is 11.3. The highest BCUT2D eigenvalue weighted by atomic mass is 32.2. The molecule has 1 atom stereocenters. The van der Waals surface area contributed by atoms with Crippen molar-refractivity contribution in [1.82, 2.24) is 5.32 Å². The maximum atomic E-state index is 8.71. The van der Waals surface area contributed by atoms with Crippen LogP contribution in [0.25, 0.3) is 0 Å². The van der Waals surface area contributed by atoms with Crippen LogP contribution < -0.4 is 5.32 Å².